The van der Waals surface area contributed by atoms with Crippen molar-refractivity contribution >= 4 is 27.6 Å². The standard InChI is InChI=1S/C12H14N2O2S/c13-8-5-6-10-11(7-8)16-12(14-10)17(15)9-3-1-2-4-9/h5-7,9H,1-4,13H2. The maximum atomic E-state index is 12.2. The summed E-state index contributed by atoms with van der Waals surface area (Å²) in [5, 5.41) is 0.554. The van der Waals surface area contributed by atoms with Crippen molar-refractivity contribution < 1.29 is 8.63 Å². The Hall–Kier alpha value is -1.36. The normalized spacial score (nSPS) is 18.8. The molecule has 0 aliphatic heterocycles. The summed E-state index contributed by atoms with van der Waals surface area (Å²) in [6, 6.07) is 5.29. The van der Waals surface area contributed by atoms with Crippen molar-refractivity contribution in [1.82, 2.24) is 4.98 Å². The van der Waals surface area contributed by atoms with E-state index in [1.807, 2.05) is 0 Å². The van der Waals surface area contributed by atoms with Crippen molar-refractivity contribution in [1.29, 1.82) is 0 Å². The Balaban J connectivity index is 1.97. The molecule has 1 heterocycles. The summed E-state index contributed by atoms with van der Waals surface area (Å²) in [6.07, 6.45) is 4.33. The van der Waals surface area contributed by atoms with Crippen LogP contribution in [0.1, 0.15) is 25.7 Å². The van der Waals surface area contributed by atoms with Crippen molar-refractivity contribution in [2.24, 2.45) is 0 Å². The number of hydrogen-bond acceptors (Lipinski definition) is 4. The van der Waals surface area contributed by atoms with E-state index >= 15 is 0 Å². The third kappa shape index (κ3) is 1.95. The first-order chi connectivity index (χ1) is 8.24. The van der Waals surface area contributed by atoms with E-state index in [1.165, 1.54) is 0 Å². The Morgan fingerprint density at radius 2 is 2.12 bits per heavy atom. The summed E-state index contributed by atoms with van der Waals surface area (Å²) >= 11 is 0. The van der Waals surface area contributed by atoms with Gasteiger partial charge in [0, 0.05) is 17.0 Å². The second-order valence-electron chi connectivity index (χ2n) is 4.41. The van der Waals surface area contributed by atoms with Crippen LogP contribution in [0, 0.1) is 0 Å². The molecule has 4 nitrogen and oxygen atoms in total. The molecule has 3 rings (SSSR count). The topological polar surface area (TPSA) is 69.1 Å². The molecular weight excluding hydrogens is 236 g/mol. The SMILES string of the molecule is Nc1ccc2nc(S(=O)C3CCCC3)oc2c1. The van der Waals surface area contributed by atoms with E-state index in [2.05, 4.69) is 4.98 Å². The van der Waals surface area contributed by atoms with Gasteiger partial charge in [0.15, 0.2) is 5.58 Å². The van der Waals surface area contributed by atoms with Crippen LogP contribution < -0.4 is 5.73 Å². The lowest BCUT2D eigenvalue weighted by Crippen LogP contribution is -2.10. The summed E-state index contributed by atoms with van der Waals surface area (Å²) in [5.41, 5.74) is 7.64. The summed E-state index contributed by atoms with van der Waals surface area (Å²) in [7, 11) is -1.12. The predicted molar refractivity (Wildman–Crippen MR) is 67.1 cm³/mol. The average molecular weight is 250 g/mol. The summed E-state index contributed by atoms with van der Waals surface area (Å²) < 4.78 is 17.8. The van der Waals surface area contributed by atoms with Crippen LogP contribution in [0.5, 0.6) is 0 Å². The van der Waals surface area contributed by atoms with Crippen molar-refractivity contribution in [2.75, 3.05) is 5.73 Å². The van der Waals surface area contributed by atoms with Crippen molar-refractivity contribution in [3.63, 3.8) is 0 Å². The van der Waals surface area contributed by atoms with Crippen LogP contribution in [0.4, 0.5) is 5.69 Å². The van der Waals surface area contributed by atoms with Gasteiger partial charge in [-0.3, -0.25) is 0 Å². The molecule has 1 aliphatic carbocycles. The molecular formula is C12H14N2O2S. The fraction of sp³-hybridized carbons (Fsp3) is 0.417. The molecule has 0 bridgehead atoms. The third-order valence-electron chi connectivity index (χ3n) is 3.17. The first-order valence-corrected chi connectivity index (χ1v) is 7.02. The number of nitrogens with zero attached hydrogens (tertiary/aromatic N) is 1. The molecule has 0 spiro atoms. The van der Waals surface area contributed by atoms with E-state index in [0.29, 0.717) is 16.5 Å². The maximum Gasteiger partial charge on any atom is 0.288 e. The Kier molecular flexibility index (Phi) is 2.63. The molecule has 1 fully saturated rings. The zero-order chi connectivity index (χ0) is 11.8. The maximum absolute atomic E-state index is 12.2. The van der Waals surface area contributed by atoms with Gasteiger partial charge < -0.3 is 10.2 Å². The molecule has 1 saturated carbocycles. The minimum absolute atomic E-state index is 0.209. The largest absolute Gasteiger partial charge is 0.430 e. The van der Waals surface area contributed by atoms with Crippen molar-refractivity contribution in [3.8, 4) is 0 Å². The van der Waals surface area contributed by atoms with E-state index in [0.717, 1.165) is 31.2 Å². The lowest BCUT2D eigenvalue weighted by atomic mass is 10.3. The molecule has 2 aromatic rings. The molecule has 2 N–H and O–H groups in total. The van der Waals surface area contributed by atoms with Crippen LogP contribution in [0.25, 0.3) is 11.1 Å². The van der Waals surface area contributed by atoms with Gasteiger partial charge in [-0.2, -0.15) is 0 Å². The van der Waals surface area contributed by atoms with Gasteiger partial charge in [0.2, 0.25) is 0 Å². The highest BCUT2D eigenvalue weighted by molar-refractivity contribution is 7.85. The Morgan fingerprint density at radius 1 is 1.35 bits per heavy atom. The number of anilines is 1. The van der Waals surface area contributed by atoms with Gasteiger partial charge >= 0.3 is 0 Å². The van der Waals surface area contributed by atoms with Gasteiger partial charge in [0.25, 0.3) is 5.22 Å². The first-order valence-electron chi connectivity index (χ1n) is 5.81. The van der Waals surface area contributed by atoms with Crippen LogP contribution in [0.2, 0.25) is 0 Å². The van der Waals surface area contributed by atoms with Crippen LogP contribution in [-0.4, -0.2) is 14.4 Å². The first kappa shape index (κ1) is 10.8. The summed E-state index contributed by atoms with van der Waals surface area (Å²) in [5.74, 6) is 0. The smallest absolute Gasteiger partial charge is 0.288 e. The minimum atomic E-state index is -1.12. The number of nitrogen functional groups attached to an aromatic ring is 1. The second-order valence-corrected chi connectivity index (χ2v) is 6.02. The van der Waals surface area contributed by atoms with E-state index < -0.39 is 10.8 Å². The third-order valence-corrected chi connectivity index (χ3v) is 4.77. The van der Waals surface area contributed by atoms with Crippen LogP contribution in [0.3, 0.4) is 0 Å². The monoisotopic (exact) mass is 250 g/mol. The number of nitrogens with two attached hydrogens (primary N) is 1. The van der Waals surface area contributed by atoms with Gasteiger partial charge in [-0.05, 0) is 25.0 Å². The molecule has 1 atom stereocenters. The summed E-state index contributed by atoms with van der Waals surface area (Å²) in [4.78, 5) is 4.28. The van der Waals surface area contributed by atoms with Crippen molar-refractivity contribution in [2.45, 2.75) is 36.2 Å². The number of oxazole rings is 1. The number of benzene rings is 1. The zero-order valence-corrected chi connectivity index (χ0v) is 10.2. The van der Waals surface area contributed by atoms with Gasteiger partial charge in [0.1, 0.15) is 16.3 Å². The van der Waals surface area contributed by atoms with Crippen LogP contribution >= 0.6 is 0 Å². The highest BCUT2D eigenvalue weighted by Gasteiger charge is 2.26. The average Bonchev–Trinajstić information content (AvgIpc) is 2.96. The predicted octanol–water partition coefficient (Wildman–Crippen LogP) is 2.46. The molecule has 1 aromatic carbocycles. The molecule has 0 amide bonds. The van der Waals surface area contributed by atoms with Crippen molar-refractivity contribution in [3.05, 3.63) is 18.2 Å². The van der Waals surface area contributed by atoms with Gasteiger partial charge in [-0.1, -0.05) is 12.8 Å². The second kappa shape index (κ2) is 4.14. The molecule has 0 radical (unpaired) electrons. The van der Waals surface area contributed by atoms with E-state index in [1.54, 1.807) is 18.2 Å². The zero-order valence-electron chi connectivity index (χ0n) is 9.39. The molecule has 0 saturated heterocycles. The van der Waals surface area contributed by atoms with Gasteiger partial charge in [-0.15, -0.1) is 0 Å². The Labute approximate surface area is 102 Å². The fourth-order valence-electron chi connectivity index (χ4n) is 2.25. The minimum Gasteiger partial charge on any atom is -0.430 e. The van der Waals surface area contributed by atoms with E-state index in [9.17, 15) is 4.21 Å². The van der Waals surface area contributed by atoms with Crippen LogP contribution in [0.15, 0.2) is 27.8 Å². The molecule has 5 heteroatoms. The summed E-state index contributed by atoms with van der Waals surface area (Å²) in [6.45, 7) is 0. The number of hydrogen-bond donors (Lipinski definition) is 1. The van der Waals surface area contributed by atoms with Crippen LogP contribution in [-0.2, 0) is 10.8 Å². The highest BCUT2D eigenvalue weighted by Crippen LogP contribution is 2.28. The van der Waals surface area contributed by atoms with Gasteiger partial charge in [-0.25, -0.2) is 9.19 Å². The quantitative estimate of drug-likeness (QED) is 0.831. The fourth-order valence-corrected chi connectivity index (χ4v) is 3.66. The van der Waals surface area contributed by atoms with E-state index in [-0.39, 0.29) is 5.25 Å². The Morgan fingerprint density at radius 3 is 2.88 bits per heavy atom. The molecule has 17 heavy (non-hydrogen) atoms. The lowest BCUT2D eigenvalue weighted by molar-refractivity contribution is 0.475. The number of fused-ring (bicyclic) bond motifs is 1. The molecule has 1 unspecified atom stereocenters. The number of aromatic nitrogens is 1. The number of rotatable bonds is 2. The van der Waals surface area contributed by atoms with E-state index in [4.69, 9.17) is 10.2 Å². The molecule has 90 valence electrons. The highest BCUT2D eigenvalue weighted by atomic mass is 32.2. The molecule has 1 aromatic heterocycles. The molecule has 1 aliphatic rings. The van der Waals surface area contributed by atoms with Gasteiger partial charge in [0.05, 0.1) is 0 Å². The Bertz CT molecular complexity index is 573. The lowest BCUT2D eigenvalue weighted by Gasteiger charge is -2.03.